The van der Waals surface area contributed by atoms with Crippen molar-refractivity contribution in [3.63, 3.8) is 0 Å². The zero-order valence-electron chi connectivity index (χ0n) is 10.5. The van der Waals surface area contributed by atoms with Crippen molar-refractivity contribution in [2.75, 3.05) is 12.4 Å². The molecule has 0 amide bonds. The molecule has 1 aromatic carbocycles. The van der Waals surface area contributed by atoms with Crippen LogP contribution in [0, 0.1) is 0 Å². The van der Waals surface area contributed by atoms with E-state index in [4.69, 9.17) is 4.74 Å². The fourth-order valence-electron chi connectivity index (χ4n) is 2.09. The second kappa shape index (κ2) is 5.57. The third-order valence-corrected chi connectivity index (χ3v) is 5.48. The molecule has 0 spiro atoms. The van der Waals surface area contributed by atoms with E-state index in [1.807, 2.05) is 37.3 Å². The highest BCUT2D eigenvalue weighted by Crippen LogP contribution is 2.21. The molecule has 1 atom stereocenters. The molecule has 98 valence electrons. The molecule has 0 radical (unpaired) electrons. The van der Waals surface area contributed by atoms with Crippen LogP contribution in [0.4, 0.5) is 0 Å². The summed E-state index contributed by atoms with van der Waals surface area (Å²) in [6.45, 7) is 2.23. The van der Waals surface area contributed by atoms with Gasteiger partial charge in [0.1, 0.15) is 6.61 Å². The van der Waals surface area contributed by atoms with Crippen LogP contribution in [-0.4, -0.2) is 26.0 Å². The summed E-state index contributed by atoms with van der Waals surface area (Å²) >= 11 is 0. The third-order valence-electron chi connectivity index (χ3n) is 3.23. The van der Waals surface area contributed by atoms with Crippen molar-refractivity contribution < 1.29 is 13.2 Å². The van der Waals surface area contributed by atoms with E-state index in [9.17, 15) is 8.42 Å². The highest BCUT2D eigenvalue weighted by Gasteiger charge is 2.31. The fraction of sp³-hybridized carbons (Fsp3) is 0.429. The van der Waals surface area contributed by atoms with Gasteiger partial charge in [-0.2, -0.15) is 0 Å². The first-order valence-electron chi connectivity index (χ1n) is 6.15. The van der Waals surface area contributed by atoms with Gasteiger partial charge in [0.15, 0.2) is 9.84 Å². The van der Waals surface area contributed by atoms with E-state index in [0.29, 0.717) is 5.75 Å². The Kier molecular flexibility index (Phi) is 4.07. The molecule has 0 bridgehead atoms. The molecule has 0 aromatic heterocycles. The minimum absolute atomic E-state index is 0.270. The van der Waals surface area contributed by atoms with Gasteiger partial charge in [0.25, 0.3) is 0 Å². The van der Waals surface area contributed by atoms with Gasteiger partial charge in [-0.05, 0) is 30.9 Å². The number of rotatable bonds is 4. The standard InChI is InChI=1S/C14H18O3S/c1-12(13-6-3-2-4-7-13)10-17-11-14-8-5-9-18(14,15)16/h2-4,6-7,10,14H,5,8-9,11H2,1H3/b12-10-. The Hall–Kier alpha value is -1.29. The van der Waals surface area contributed by atoms with Crippen LogP contribution in [0.1, 0.15) is 25.3 Å². The molecule has 4 heteroatoms. The first kappa shape index (κ1) is 13.1. The highest BCUT2D eigenvalue weighted by atomic mass is 32.2. The van der Waals surface area contributed by atoms with Crippen LogP contribution in [0.5, 0.6) is 0 Å². The van der Waals surface area contributed by atoms with Crippen LogP contribution in [0.2, 0.25) is 0 Å². The number of hydrogen-bond donors (Lipinski definition) is 0. The summed E-state index contributed by atoms with van der Waals surface area (Å²) in [6, 6.07) is 9.90. The largest absolute Gasteiger partial charge is 0.500 e. The van der Waals surface area contributed by atoms with Gasteiger partial charge in [-0.1, -0.05) is 30.3 Å². The van der Waals surface area contributed by atoms with Crippen molar-refractivity contribution in [2.24, 2.45) is 0 Å². The SMILES string of the molecule is C/C(=C/OCC1CCCS1(=O)=O)c1ccccc1. The Balaban J connectivity index is 1.92. The monoisotopic (exact) mass is 266 g/mol. The number of sulfone groups is 1. The third kappa shape index (κ3) is 3.13. The molecule has 1 unspecified atom stereocenters. The molecule has 0 saturated carbocycles. The number of allylic oxidation sites excluding steroid dienone is 1. The summed E-state index contributed by atoms with van der Waals surface area (Å²) in [7, 11) is -2.90. The molecule has 2 rings (SSSR count). The van der Waals surface area contributed by atoms with E-state index in [0.717, 1.165) is 24.0 Å². The summed E-state index contributed by atoms with van der Waals surface area (Å²) < 4.78 is 28.6. The predicted octanol–water partition coefficient (Wildman–Crippen LogP) is 2.64. The average Bonchev–Trinajstić information content (AvgIpc) is 2.70. The molecule has 1 aromatic rings. The molecule has 0 N–H and O–H groups in total. The minimum Gasteiger partial charge on any atom is -0.500 e. The van der Waals surface area contributed by atoms with E-state index in [1.165, 1.54) is 0 Å². The van der Waals surface area contributed by atoms with E-state index < -0.39 is 9.84 Å². The Morgan fingerprint density at radius 3 is 2.72 bits per heavy atom. The van der Waals surface area contributed by atoms with Crippen molar-refractivity contribution >= 4 is 15.4 Å². The lowest BCUT2D eigenvalue weighted by Crippen LogP contribution is -2.20. The van der Waals surface area contributed by atoms with Crippen molar-refractivity contribution in [2.45, 2.75) is 25.0 Å². The van der Waals surface area contributed by atoms with E-state index >= 15 is 0 Å². The quantitative estimate of drug-likeness (QED) is 0.787. The second-order valence-electron chi connectivity index (χ2n) is 4.63. The van der Waals surface area contributed by atoms with Crippen LogP contribution in [0.15, 0.2) is 36.6 Å². The molecule has 1 aliphatic heterocycles. The topological polar surface area (TPSA) is 43.4 Å². The summed E-state index contributed by atoms with van der Waals surface area (Å²) in [6.07, 6.45) is 3.14. The van der Waals surface area contributed by atoms with Gasteiger partial charge in [-0.15, -0.1) is 0 Å². The summed E-state index contributed by atoms with van der Waals surface area (Å²) in [4.78, 5) is 0. The molecule has 1 fully saturated rings. The smallest absolute Gasteiger partial charge is 0.156 e. The van der Waals surface area contributed by atoms with Gasteiger partial charge in [-0.3, -0.25) is 0 Å². The molecule has 3 nitrogen and oxygen atoms in total. The summed E-state index contributed by atoms with van der Waals surface area (Å²) in [5, 5.41) is -0.322. The molecular weight excluding hydrogens is 248 g/mol. The molecule has 1 aliphatic rings. The van der Waals surface area contributed by atoms with Crippen LogP contribution in [0.3, 0.4) is 0 Å². The molecule has 1 heterocycles. The maximum Gasteiger partial charge on any atom is 0.156 e. The molecule has 0 aliphatic carbocycles. The number of ether oxygens (including phenoxy) is 1. The van der Waals surface area contributed by atoms with E-state index in [1.54, 1.807) is 6.26 Å². The number of benzene rings is 1. The van der Waals surface area contributed by atoms with Crippen molar-refractivity contribution in [3.8, 4) is 0 Å². The van der Waals surface area contributed by atoms with E-state index in [-0.39, 0.29) is 11.9 Å². The lowest BCUT2D eigenvalue weighted by molar-refractivity contribution is 0.247. The fourth-order valence-corrected chi connectivity index (χ4v) is 3.81. The number of hydrogen-bond acceptors (Lipinski definition) is 3. The second-order valence-corrected chi connectivity index (χ2v) is 7.03. The highest BCUT2D eigenvalue weighted by molar-refractivity contribution is 7.92. The maximum atomic E-state index is 11.6. The first-order chi connectivity index (χ1) is 8.59. The van der Waals surface area contributed by atoms with Crippen LogP contribution in [-0.2, 0) is 14.6 Å². The zero-order valence-corrected chi connectivity index (χ0v) is 11.3. The summed E-state index contributed by atoms with van der Waals surface area (Å²) in [5.41, 5.74) is 2.10. The van der Waals surface area contributed by atoms with Crippen molar-refractivity contribution in [1.29, 1.82) is 0 Å². The zero-order chi connectivity index (χ0) is 13.0. The van der Waals surface area contributed by atoms with Gasteiger partial charge in [0.2, 0.25) is 0 Å². The molecule has 1 saturated heterocycles. The van der Waals surface area contributed by atoms with Crippen LogP contribution in [0.25, 0.3) is 5.57 Å². The normalized spacial score (nSPS) is 22.9. The van der Waals surface area contributed by atoms with Gasteiger partial charge < -0.3 is 4.74 Å². The van der Waals surface area contributed by atoms with Crippen LogP contribution >= 0.6 is 0 Å². The summed E-state index contributed by atoms with van der Waals surface area (Å²) in [5.74, 6) is 0.308. The van der Waals surface area contributed by atoms with Crippen molar-refractivity contribution in [1.82, 2.24) is 0 Å². The van der Waals surface area contributed by atoms with Crippen LogP contribution < -0.4 is 0 Å². The average molecular weight is 266 g/mol. The van der Waals surface area contributed by atoms with Gasteiger partial charge >= 0.3 is 0 Å². The Bertz CT molecular complexity index is 517. The molecule has 18 heavy (non-hydrogen) atoms. The van der Waals surface area contributed by atoms with Gasteiger partial charge in [0.05, 0.1) is 17.3 Å². The lowest BCUT2D eigenvalue weighted by atomic mass is 10.1. The van der Waals surface area contributed by atoms with E-state index in [2.05, 4.69) is 0 Å². The van der Waals surface area contributed by atoms with Gasteiger partial charge in [0, 0.05) is 0 Å². The molecular formula is C14H18O3S. The Labute approximate surface area is 108 Å². The minimum atomic E-state index is -2.90. The van der Waals surface area contributed by atoms with Gasteiger partial charge in [-0.25, -0.2) is 8.42 Å². The Morgan fingerprint density at radius 1 is 1.39 bits per heavy atom. The first-order valence-corrected chi connectivity index (χ1v) is 7.86. The maximum absolute atomic E-state index is 11.6. The van der Waals surface area contributed by atoms with Crippen molar-refractivity contribution in [3.05, 3.63) is 42.2 Å². The Morgan fingerprint density at radius 2 is 2.11 bits per heavy atom. The lowest BCUT2D eigenvalue weighted by Gasteiger charge is -2.09. The predicted molar refractivity (Wildman–Crippen MR) is 72.9 cm³/mol.